The minimum atomic E-state index is -1.08. The Balaban J connectivity index is 2.04. The first-order valence-corrected chi connectivity index (χ1v) is 9.04. The Bertz CT molecular complexity index is 750. The molecule has 26 heavy (non-hydrogen) atoms. The van der Waals surface area contributed by atoms with Crippen LogP contribution in [0.25, 0.3) is 0 Å². The molecule has 8 nitrogen and oxygen atoms in total. The zero-order chi connectivity index (χ0) is 19.6. The standard InChI is InChI=1S/C17H23N3O5S/c1-9-8-11(19-15(23)17(3,4)5)26-12(9)14(22)25-10(2)13(21)20-7-6-18-16(20)24/h8,10H,6-7H2,1-5H3,(H,18,24)(H,19,23). The van der Waals surface area contributed by atoms with Gasteiger partial charge in [-0.1, -0.05) is 20.8 Å². The Morgan fingerprint density at radius 2 is 2.00 bits per heavy atom. The summed E-state index contributed by atoms with van der Waals surface area (Å²) in [7, 11) is 0. The van der Waals surface area contributed by atoms with E-state index in [-0.39, 0.29) is 12.5 Å². The third-order valence-electron chi connectivity index (χ3n) is 3.78. The molecule has 142 valence electrons. The molecule has 2 N–H and O–H groups in total. The average Bonchev–Trinajstić information content (AvgIpc) is 3.11. The van der Waals surface area contributed by atoms with E-state index in [4.69, 9.17) is 4.74 Å². The number of aryl methyl sites for hydroxylation is 1. The SMILES string of the molecule is Cc1cc(NC(=O)C(C)(C)C)sc1C(=O)OC(C)C(=O)N1CCNC1=O. The Kier molecular flexibility index (Phi) is 5.70. The number of carbonyl (C=O) groups is 4. The van der Waals surface area contributed by atoms with E-state index in [1.54, 1.807) is 33.8 Å². The third-order valence-corrected chi connectivity index (χ3v) is 4.91. The number of nitrogens with zero attached hydrogens (tertiary/aromatic N) is 1. The predicted molar refractivity (Wildman–Crippen MR) is 97.1 cm³/mol. The summed E-state index contributed by atoms with van der Waals surface area (Å²) in [6.07, 6.45) is -1.08. The number of imide groups is 1. The molecule has 2 heterocycles. The van der Waals surface area contributed by atoms with Gasteiger partial charge < -0.3 is 15.4 Å². The second-order valence-corrected chi connectivity index (χ2v) is 8.15. The molecular formula is C17H23N3O5S. The number of urea groups is 1. The fourth-order valence-corrected chi connectivity index (χ4v) is 3.16. The van der Waals surface area contributed by atoms with Gasteiger partial charge in [0.1, 0.15) is 4.88 Å². The van der Waals surface area contributed by atoms with E-state index >= 15 is 0 Å². The summed E-state index contributed by atoms with van der Waals surface area (Å²) in [5.74, 6) is -1.39. The van der Waals surface area contributed by atoms with Gasteiger partial charge in [-0.05, 0) is 25.5 Å². The minimum Gasteiger partial charge on any atom is -0.448 e. The number of hydrogen-bond acceptors (Lipinski definition) is 6. The summed E-state index contributed by atoms with van der Waals surface area (Å²) in [5.41, 5.74) is 0.0817. The lowest BCUT2D eigenvalue weighted by Gasteiger charge is -2.18. The largest absolute Gasteiger partial charge is 0.448 e. The van der Waals surface area contributed by atoms with Gasteiger partial charge in [-0.2, -0.15) is 0 Å². The number of thiophene rings is 1. The summed E-state index contributed by atoms with van der Waals surface area (Å²) in [6, 6.07) is 1.20. The molecule has 0 aromatic carbocycles. The van der Waals surface area contributed by atoms with Crippen molar-refractivity contribution in [3.05, 3.63) is 16.5 Å². The van der Waals surface area contributed by atoms with Gasteiger partial charge in [-0.25, -0.2) is 9.59 Å². The number of hydrogen-bond donors (Lipinski definition) is 2. The lowest BCUT2D eigenvalue weighted by Crippen LogP contribution is -2.41. The van der Waals surface area contributed by atoms with Crippen molar-refractivity contribution in [1.82, 2.24) is 10.2 Å². The molecule has 0 bridgehead atoms. The number of rotatable bonds is 4. The summed E-state index contributed by atoms with van der Waals surface area (Å²) in [6.45, 7) is 9.16. The number of anilines is 1. The maximum Gasteiger partial charge on any atom is 0.349 e. The predicted octanol–water partition coefficient (Wildman–Crippen LogP) is 2.14. The number of amides is 4. The maximum atomic E-state index is 12.4. The molecule has 9 heteroatoms. The smallest absolute Gasteiger partial charge is 0.349 e. The molecule has 1 fully saturated rings. The van der Waals surface area contributed by atoms with Crippen LogP contribution in [0.5, 0.6) is 0 Å². The molecule has 1 aromatic heterocycles. The van der Waals surface area contributed by atoms with Crippen molar-refractivity contribution in [3.63, 3.8) is 0 Å². The first-order chi connectivity index (χ1) is 12.0. The molecule has 1 saturated heterocycles. The molecular weight excluding hydrogens is 358 g/mol. The molecule has 0 saturated carbocycles. The molecule has 0 radical (unpaired) electrons. The van der Waals surface area contributed by atoms with Crippen LogP contribution in [0.1, 0.15) is 42.9 Å². The van der Waals surface area contributed by atoms with E-state index in [9.17, 15) is 19.2 Å². The number of esters is 1. The lowest BCUT2D eigenvalue weighted by molar-refractivity contribution is -0.136. The summed E-state index contributed by atoms with van der Waals surface area (Å²) < 4.78 is 5.21. The summed E-state index contributed by atoms with van der Waals surface area (Å²) >= 11 is 1.09. The van der Waals surface area contributed by atoms with Crippen LogP contribution < -0.4 is 10.6 Å². The van der Waals surface area contributed by atoms with Crippen LogP contribution in [0.3, 0.4) is 0 Å². The fraction of sp³-hybridized carbons (Fsp3) is 0.529. The molecule has 1 aromatic rings. The van der Waals surface area contributed by atoms with E-state index in [1.165, 1.54) is 6.92 Å². The molecule has 1 aliphatic heterocycles. The van der Waals surface area contributed by atoms with Crippen molar-refractivity contribution in [2.45, 2.75) is 40.7 Å². The molecule has 1 aliphatic rings. The Morgan fingerprint density at radius 1 is 1.35 bits per heavy atom. The van der Waals surface area contributed by atoms with Gasteiger partial charge in [0, 0.05) is 18.5 Å². The van der Waals surface area contributed by atoms with Gasteiger partial charge in [0.15, 0.2) is 6.10 Å². The second-order valence-electron chi connectivity index (χ2n) is 7.10. The van der Waals surface area contributed by atoms with E-state index in [1.807, 2.05) is 0 Å². The van der Waals surface area contributed by atoms with Crippen LogP contribution in [0.2, 0.25) is 0 Å². The third kappa shape index (κ3) is 4.40. The highest BCUT2D eigenvalue weighted by molar-refractivity contribution is 7.18. The number of carbonyl (C=O) groups excluding carboxylic acids is 4. The average molecular weight is 381 g/mol. The van der Waals surface area contributed by atoms with Crippen molar-refractivity contribution in [1.29, 1.82) is 0 Å². The first kappa shape index (κ1) is 19.9. The van der Waals surface area contributed by atoms with Crippen LogP contribution in [-0.2, 0) is 14.3 Å². The van der Waals surface area contributed by atoms with Crippen molar-refractivity contribution >= 4 is 40.2 Å². The topological polar surface area (TPSA) is 105 Å². The van der Waals surface area contributed by atoms with Gasteiger partial charge in [0.25, 0.3) is 5.91 Å². The van der Waals surface area contributed by atoms with Crippen LogP contribution in [0.15, 0.2) is 6.07 Å². The van der Waals surface area contributed by atoms with Crippen molar-refractivity contribution in [2.24, 2.45) is 5.41 Å². The Labute approximate surface area is 155 Å². The van der Waals surface area contributed by atoms with Crippen LogP contribution >= 0.6 is 11.3 Å². The lowest BCUT2D eigenvalue weighted by atomic mass is 9.96. The normalized spacial score (nSPS) is 15.4. The highest BCUT2D eigenvalue weighted by Gasteiger charge is 2.32. The maximum absolute atomic E-state index is 12.4. The van der Waals surface area contributed by atoms with Crippen molar-refractivity contribution in [2.75, 3.05) is 18.4 Å². The van der Waals surface area contributed by atoms with Crippen molar-refractivity contribution in [3.8, 4) is 0 Å². The highest BCUT2D eigenvalue weighted by Crippen LogP contribution is 2.29. The van der Waals surface area contributed by atoms with Gasteiger partial charge >= 0.3 is 12.0 Å². The number of ether oxygens (including phenoxy) is 1. The van der Waals surface area contributed by atoms with Gasteiger partial charge in [0.05, 0.1) is 5.00 Å². The molecule has 4 amide bonds. The first-order valence-electron chi connectivity index (χ1n) is 8.22. The Hall–Kier alpha value is -2.42. The second kappa shape index (κ2) is 7.45. The number of nitrogens with one attached hydrogen (secondary N) is 2. The van der Waals surface area contributed by atoms with Crippen LogP contribution in [-0.4, -0.2) is 47.9 Å². The highest BCUT2D eigenvalue weighted by atomic mass is 32.1. The Morgan fingerprint density at radius 3 is 2.54 bits per heavy atom. The van der Waals surface area contributed by atoms with E-state index < -0.39 is 29.4 Å². The molecule has 0 spiro atoms. The van der Waals surface area contributed by atoms with Crippen LogP contribution in [0, 0.1) is 12.3 Å². The minimum absolute atomic E-state index is 0.165. The van der Waals surface area contributed by atoms with Gasteiger partial charge in [-0.3, -0.25) is 14.5 Å². The molecule has 2 rings (SSSR count). The van der Waals surface area contributed by atoms with Crippen LogP contribution in [0.4, 0.5) is 9.80 Å². The quantitative estimate of drug-likeness (QED) is 0.778. The van der Waals surface area contributed by atoms with Crippen molar-refractivity contribution < 1.29 is 23.9 Å². The molecule has 1 unspecified atom stereocenters. The fourth-order valence-electron chi connectivity index (χ4n) is 2.21. The molecule has 0 aliphatic carbocycles. The zero-order valence-corrected chi connectivity index (χ0v) is 16.3. The van der Waals surface area contributed by atoms with Gasteiger partial charge in [0.2, 0.25) is 5.91 Å². The van der Waals surface area contributed by atoms with E-state index in [0.29, 0.717) is 22.0 Å². The van der Waals surface area contributed by atoms with E-state index in [2.05, 4.69) is 10.6 Å². The monoisotopic (exact) mass is 381 g/mol. The zero-order valence-electron chi connectivity index (χ0n) is 15.5. The molecule has 1 atom stereocenters. The summed E-state index contributed by atoms with van der Waals surface area (Å²) in [4.78, 5) is 49.5. The summed E-state index contributed by atoms with van der Waals surface area (Å²) in [5, 5.41) is 5.82. The van der Waals surface area contributed by atoms with Gasteiger partial charge in [-0.15, -0.1) is 11.3 Å². The van der Waals surface area contributed by atoms with E-state index in [0.717, 1.165) is 16.2 Å².